The Morgan fingerprint density at radius 2 is 2.08 bits per heavy atom. The van der Waals surface area contributed by atoms with E-state index in [2.05, 4.69) is 5.10 Å². The normalized spacial score (nSPS) is 20.1. The van der Waals surface area contributed by atoms with E-state index in [0.29, 0.717) is 29.4 Å². The predicted molar refractivity (Wildman–Crippen MR) is 99.4 cm³/mol. The van der Waals surface area contributed by atoms with Crippen LogP contribution in [0.25, 0.3) is 0 Å². The smallest absolute Gasteiger partial charge is 0.246 e. The van der Waals surface area contributed by atoms with Gasteiger partial charge in [0.25, 0.3) is 0 Å². The fraction of sp³-hybridized carbons (Fsp3) is 0.588. The van der Waals surface area contributed by atoms with Crippen molar-refractivity contribution < 1.29 is 12.8 Å². The summed E-state index contributed by atoms with van der Waals surface area (Å²) in [7, 11) is -3.55. The lowest BCUT2D eigenvalue weighted by molar-refractivity contribution is 0.416. The van der Waals surface area contributed by atoms with Gasteiger partial charge in [-0.25, -0.2) is 8.42 Å². The third-order valence-electron chi connectivity index (χ3n) is 4.51. The van der Waals surface area contributed by atoms with E-state index in [4.69, 9.17) is 4.42 Å². The molecule has 25 heavy (non-hydrogen) atoms. The van der Waals surface area contributed by atoms with E-state index in [1.165, 1.54) is 0 Å². The van der Waals surface area contributed by atoms with Crippen molar-refractivity contribution in [1.29, 1.82) is 0 Å². The monoisotopic (exact) mass is 383 g/mol. The quantitative estimate of drug-likeness (QED) is 0.808. The Morgan fingerprint density at radius 1 is 1.32 bits per heavy atom. The molecule has 1 aliphatic rings. The summed E-state index contributed by atoms with van der Waals surface area (Å²) in [6, 6.07) is 3.97. The van der Waals surface area contributed by atoms with E-state index in [1.54, 1.807) is 33.9 Å². The van der Waals surface area contributed by atoms with Crippen molar-refractivity contribution in [3.63, 3.8) is 0 Å². The fourth-order valence-corrected chi connectivity index (χ4v) is 6.46. The molecule has 8 heteroatoms. The zero-order valence-electron chi connectivity index (χ0n) is 15.1. The molecule has 6 nitrogen and oxygen atoms in total. The van der Waals surface area contributed by atoms with Crippen molar-refractivity contribution in [3.8, 4) is 0 Å². The lowest BCUT2D eigenvalue weighted by Gasteiger charge is -2.20. The Morgan fingerprint density at radius 3 is 2.68 bits per heavy atom. The SMILES string of the molecule is Cc1nn(C(C)C)c(C)c1S(=O)(=O)N1CCSC(c2ccco2)CC1. The van der Waals surface area contributed by atoms with E-state index in [9.17, 15) is 8.42 Å². The average Bonchev–Trinajstić information content (AvgIpc) is 3.08. The van der Waals surface area contributed by atoms with Crippen LogP contribution in [0.5, 0.6) is 0 Å². The van der Waals surface area contributed by atoms with Gasteiger partial charge in [-0.1, -0.05) is 0 Å². The van der Waals surface area contributed by atoms with Crippen LogP contribution in [-0.4, -0.2) is 41.3 Å². The number of furan rings is 1. The first kappa shape index (κ1) is 18.5. The Kier molecular flexibility index (Phi) is 5.31. The summed E-state index contributed by atoms with van der Waals surface area (Å²) in [5.41, 5.74) is 1.29. The highest BCUT2D eigenvalue weighted by molar-refractivity contribution is 7.99. The highest BCUT2D eigenvalue weighted by Crippen LogP contribution is 2.36. The van der Waals surface area contributed by atoms with Crippen LogP contribution in [0.2, 0.25) is 0 Å². The van der Waals surface area contributed by atoms with Crippen LogP contribution in [-0.2, 0) is 10.0 Å². The van der Waals surface area contributed by atoms with Gasteiger partial charge in [-0.2, -0.15) is 9.40 Å². The summed E-state index contributed by atoms with van der Waals surface area (Å²) < 4.78 is 35.4. The zero-order chi connectivity index (χ0) is 18.2. The topological polar surface area (TPSA) is 68.3 Å². The molecule has 0 aliphatic carbocycles. The molecule has 1 unspecified atom stereocenters. The van der Waals surface area contributed by atoms with Crippen molar-refractivity contribution in [2.45, 2.75) is 50.3 Å². The molecule has 0 saturated carbocycles. The number of hydrogen-bond acceptors (Lipinski definition) is 5. The van der Waals surface area contributed by atoms with Gasteiger partial charge in [0.2, 0.25) is 10.0 Å². The fourth-order valence-electron chi connectivity index (χ4n) is 3.35. The summed E-state index contributed by atoms with van der Waals surface area (Å²) in [6.45, 7) is 8.63. The summed E-state index contributed by atoms with van der Waals surface area (Å²) in [5.74, 6) is 1.67. The van der Waals surface area contributed by atoms with Crippen LogP contribution in [0.4, 0.5) is 0 Å². The van der Waals surface area contributed by atoms with Crippen molar-refractivity contribution in [3.05, 3.63) is 35.5 Å². The van der Waals surface area contributed by atoms with Crippen LogP contribution < -0.4 is 0 Å². The summed E-state index contributed by atoms with van der Waals surface area (Å²) in [4.78, 5) is 0.364. The first-order chi connectivity index (χ1) is 11.8. The molecule has 2 aromatic rings. The molecule has 138 valence electrons. The number of rotatable bonds is 4. The molecule has 0 N–H and O–H groups in total. The van der Waals surface area contributed by atoms with Crippen molar-refractivity contribution in [2.24, 2.45) is 0 Å². The van der Waals surface area contributed by atoms with Gasteiger partial charge < -0.3 is 4.42 Å². The number of hydrogen-bond donors (Lipinski definition) is 0. The Balaban J connectivity index is 1.86. The number of aryl methyl sites for hydroxylation is 1. The Labute approximate surface area is 153 Å². The largest absolute Gasteiger partial charge is 0.468 e. The van der Waals surface area contributed by atoms with Gasteiger partial charge in [0.15, 0.2) is 0 Å². The van der Waals surface area contributed by atoms with Gasteiger partial charge in [0, 0.05) is 24.9 Å². The van der Waals surface area contributed by atoms with Crippen molar-refractivity contribution in [2.75, 3.05) is 18.8 Å². The van der Waals surface area contributed by atoms with Crippen molar-refractivity contribution >= 4 is 21.8 Å². The van der Waals surface area contributed by atoms with E-state index in [0.717, 1.165) is 17.9 Å². The van der Waals surface area contributed by atoms with Gasteiger partial charge in [-0.05, 0) is 46.2 Å². The van der Waals surface area contributed by atoms with E-state index in [-0.39, 0.29) is 11.3 Å². The van der Waals surface area contributed by atoms with E-state index < -0.39 is 10.0 Å². The average molecular weight is 384 g/mol. The Hall–Kier alpha value is -1.25. The van der Waals surface area contributed by atoms with E-state index in [1.807, 2.05) is 32.9 Å². The van der Waals surface area contributed by atoms with Crippen LogP contribution in [0.15, 0.2) is 27.7 Å². The van der Waals surface area contributed by atoms with E-state index >= 15 is 0 Å². The minimum atomic E-state index is -3.55. The number of aromatic nitrogens is 2. The molecule has 1 aliphatic heterocycles. The summed E-state index contributed by atoms with van der Waals surface area (Å²) >= 11 is 1.75. The molecular weight excluding hydrogens is 358 g/mol. The van der Waals surface area contributed by atoms with Crippen LogP contribution in [0.3, 0.4) is 0 Å². The Bertz CT molecular complexity index is 826. The molecular formula is C17H25N3O3S2. The first-order valence-electron chi connectivity index (χ1n) is 8.53. The highest BCUT2D eigenvalue weighted by atomic mass is 32.2. The minimum absolute atomic E-state index is 0.130. The molecule has 1 atom stereocenters. The molecule has 3 rings (SSSR count). The van der Waals surface area contributed by atoms with Crippen LogP contribution in [0.1, 0.15) is 48.7 Å². The maximum atomic E-state index is 13.3. The van der Waals surface area contributed by atoms with Gasteiger partial charge in [0.1, 0.15) is 10.7 Å². The summed E-state index contributed by atoms with van der Waals surface area (Å²) in [5, 5.41) is 4.64. The molecule has 0 spiro atoms. The zero-order valence-corrected chi connectivity index (χ0v) is 16.7. The maximum absolute atomic E-state index is 13.3. The molecule has 0 amide bonds. The number of thioether (sulfide) groups is 1. The molecule has 1 saturated heterocycles. The second-order valence-corrected chi connectivity index (χ2v) is 9.79. The molecule has 0 radical (unpaired) electrons. The lowest BCUT2D eigenvalue weighted by Crippen LogP contribution is -2.33. The minimum Gasteiger partial charge on any atom is -0.468 e. The predicted octanol–water partition coefficient (Wildman–Crippen LogP) is 3.54. The van der Waals surface area contributed by atoms with Gasteiger partial charge >= 0.3 is 0 Å². The standard InChI is InChI=1S/C17H25N3O3S2/c1-12(2)20-14(4)17(13(3)18-20)25(21,22)19-8-7-16(24-11-9-19)15-6-5-10-23-15/h5-6,10,12,16H,7-9,11H2,1-4H3. The van der Waals surface area contributed by atoms with Gasteiger partial charge in [-0.3, -0.25) is 4.68 Å². The van der Waals surface area contributed by atoms with Crippen molar-refractivity contribution in [1.82, 2.24) is 14.1 Å². The van der Waals surface area contributed by atoms with Gasteiger partial charge in [0.05, 0.1) is 22.9 Å². The second-order valence-electron chi connectivity index (χ2n) is 6.61. The third-order valence-corrected chi connectivity index (χ3v) is 7.95. The molecule has 1 fully saturated rings. The number of sulfonamides is 1. The third kappa shape index (κ3) is 3.52. The maximum Gasteiger partial charge on any atom is 0.246 e. The second kappa shape index (κ2) is 7.17. The molecule has 3 heterocycles. The first-order valence-corrected chi connectivity index (χ1v) is 11.0. The molecule has 0 bridgehead atoms. The van der Waals surface area contributed by atoms with Crippen LogP contribution >= 0.6 is 11.8 Å². The molecule has 2 aromatic heterocycles. The highest BCUT2D eigenvalue weighted by Gasteiger charge is 2.33. The summed E-state index contributed by atoms with van der Waals surface area (Å²) in [6.07, 6.45) is 2.41. The van der Waals surface area contributed by atoms with Crippen LogP contribution in [0, 0.1) is 13.8 Å². The van der Waals surface area contributed by atoms with Gasteiger partial charge in [-0.15, -0.1) is 11.8 Å². The number of nitrogens with zero attached hydrogens (tertiary/aromatic N) is 3. The molecule has 0 aromatic carbocycles. The lowest BCUT2D eigenvalue weighted by atomic mass is 10.2.